The van der Waals surface area contributed by atoms with Crippen LogP contribution in [0.1, 0.15) is 5.56 Å². The van der Waals surface area contributed by atoms with Gasteiger partial charge in [0.05, 0.1) is 5.69 Å². The molecule has 0 amide bonds. The number of aromatic nitrogens is 1. The predicted molar refractivity (Wildman–Crippen MR) is 71.2 cm³/mol. The summed E-state index contributed by atoms with van der Waals surface area (Å²) in [6.07, 6.45) is 1.44. The lowest BCUT2D eigenvalue weighted by molar-refractivity contribution is 0.601. The summed E-state index contributed by atoms with van der Waals surface area (Å²) < 4.78 is 26.8. The molecule has 1 N–H and O–H groups in total. The summed E-state index contributed by atoms with van der Waals surface area (Å²) in [7, 11) is -3.71. The number of para-hydroxylation sites is 1. The summed E-state index contributed by atoms with van der Waals surface area (Å²) in [5.74, 6) is 0. The average molecular weight is 283 g/mol. The topological polar surface area (TPSA) is 59.1 Å². The van der Waals surface area contributed by atoms with Crippen LogP contribution in [0.15, 0.2) is 47.5 Å². The molecule has 0 unspecified atom stereocenters. The number of rotatable bonds is 3. The lowest BCUT2D eigenvalue weighted by Gasteiger charge is -2.10. The van der Waals surface area contributed by atoms with Gasteiger partial charge in [-0.15, -0.1) is 0 Å². The molecule has 0 saturated heterocycles. The highest BCUT2D eigenvalue weighted by Crippen LogP contribution is 2.22. The standard InChI is InChI=1S/C12H11ClN2O2S/c1-9-5-2-3-6-10(9)15-18(16,17)11-7-4-8-14-12(11)13/h2-8,15H,1H3. The molecule has 0 aliphatic carbocycles. The molecule has 0 aliphatic heterocycles. The Labute approximate surface area is 111 Å². The monoisotopic (exact) mass is 282 g/mol. The summed E-state index contributed by atoms with van der Waals surface area (Å²) in [6, 6.07) is 10.0. The van der Waals surface area contributed by atoms with Crippen molar-refractivity contribution in [3.63, 3.8) is 0 Å². The Balaban J connectivity index is 2.40. The molecular formula is C12H11ClN2O2S. The Morgan fingerprint density at radius 1 is 1.17 bits per heavy atom. The second-order valence-corrected chi connectivity index (χ2v) is 5.72. The molecule has 0 radical (unpaired) electrons. The van der Waals surface area contributed by atoms with Gasteiger partial charge in [-0.3, -0.25) is 4.72 Å². The maximum atomic E-state index is 12.1. The number of nitrogens with zero attached hydrogens (tertiary/aromatic N) is 1. The minimum absolute atomic E-state index is 0.0325. The summed E-state index contributed by atoms with van der Waals surface area (Å²) >= 11 is 5.78. The van der Waals surface area contributed by atoms with E-state index in [0.717, 1.165) is 5.56 Å². The number of benzene rings is 1. The number of hydrogen-bond acceptors (Lipinski definition) is 3. The molecule has 0 atom stereocenters. The van der Waals surface area contributed by atoms with Gasteiger partial charge in [-0.05, 0) is 30.7 Å². The zero-order valence-corrected chi connectivity index (χ0v) is 11.2. The first-order chi connectivity index (χ1) is 8.50. The van der Waals surface area contributed by atoms with Crippen molar-refractivity contribution in [2.24, 2.45) is 0 Å². The molecule has 0 bridgehead atoms. The van der Waals surface area contributed by atoms with Crippen LogP contribution in [0.2, 0.25) is 5.15 Å². The molecule has 1 heterocycles. The second kappa shape index (κ2) is 4.96. The van der Waals surface area contributed by atoms with E-state index in [4.69, 9.17) is 11.6 Å². The van der Waals surface area contributed by atoms with Gasteiger partial charge in [0.1, 0.15) is 10.0 Å². The van der Waals surface area contributed by atoms with Gasteiger partial charge in [0.2, 0.25) is 0 Å². The zero-order valence-electron chi connectivity index (χ0n) is 9.59. The number of anilines is 1. The molecule has 0 fully saturated rings. The van der Waals surface area contributed by atoms with Crippen LogP contribution in [0.5, 0.6) is 0 Å². The average Bonchev–Trinajstić information content (AvgIpc) is 2.32. The first kappa shape index (κ1) is 12.9. The molecule has 18 heavy (non-hydrogen) atoms. The van der Waals surface area contributed by atoms with Crippen molar-refractivity contribution >= 4 is 27.3 Å². The van der Waals surface area contributed by atoms with E-state index in [1.165, 1.54) is 18.3 Å². The Hall–Kier alpha value is -1.59. The van der Waals surface area contributed by atoms with Crippen LogP contribution in [0.3, 0.4) is 0 Å². The third-order valence-electron chi connectivity index (χ3n) is 2.40. The highest BCUT2D eigenvalue weighted by atomic mass is 35.5. The molecule has 1 aromatic carbocycles. The lowest BCUT2D eigenvalue weighted by atomic mass is 10.2. The van der Waals surface area contributed by atoms with Crippen molar-refractivity contribution < 1.29 is 8.42 Å². The van der Waals surface area contributed by atoms with E-state index >= 15 is 0 Å². The van der Waals surface area contributed by atoms with Crippen molar-refractivity contribution in [3.8, 4) is 0 Å². The van der Waals surface area contributed by atoms with Crippen LogP contribution in [-0.2, 0) is 10.0 Å². The van der Waals surface area contributed by atoms with Gasteiger partial charge in [0, 0.05) is 6.20 Å². The fourth-order valence-electron chi connectivity index (χ4n) is 1.46. The van der Waals surface area contributed by atoms with Crippen molar-refractivity contribution in [2.75, 3.05) is 4.72 Å². The Morgan fingerprint density at radius 2 is 1.89 bits per heavy atom. The van der Waals surface area contributed by atoms with E-state index in [1.54, 1.807) is 12.1 Å². The number of hydrogen-bond donors (Lipinski definition) is 1. The van der Waals surface area contributed by atoms with Crippen LogP contribution in [0.4, 0.5) is 5.69 Å². The van der Waals surface area contributed by atoms with Crippen LogP contribution < -0.4 is 4.72 Å². The molecule has 2 aromatic rings. The van der Waals surface area contributed by atoms with Gasteiger partial charge in [-0.25, -0.2) is 13.4 Å². The molecule has 0 aliphatic rings. The number of sulfonamides is 1. The Morgan fingerprint density at radius 3 is 2.56 bits per heavy atom. The molecule has 2 rings (SSSR count). The number of halogens is 1. The van der Waals surface area contributed by atoms with Crippen LogP contribution in [-0.4, -0.2) is 13.4 Å². The smallest absolute Gasteiger partial charge is 0.264 e. The molecule has 0 spiro atoms. The van der Waals surface area contributed by atoms with E-state index in [9.17, 15) is 8.42 Å². The first-order valence-electron chi connectivity index (χ1n) is 5.20. The van der Waals surface area contributed by atoms with E-state index in [2.05, 4.69) is 9.71 Å². The van der Waals surface area contributed by atoms with E-state index < -0.39 is 10.0 Å². The molecule has 6 heteroatoms. The van der Waals surface area contributed by atoms with Crippen molar-refractivity contribution in [3.05, 3.63) is 53.3 Å². The van der Waals surface area contributed by atoms with E-state index in [-0.39, 0.29) is 10.0 Å². The second-order valence-electron chi connectivity index (χ2n) is 3.71. The quantitative estimate of drug-likeness (QED) is 0.881. The molecule has 0 saturated carbocycles. The van der Waals surface area contributed by atoms with Gasteiger partial charge in [0.15, 0.2) is 0 Å². The molecule has 94 valence electrons. The van der Waals surface area contributed by atoms with Crippen LogP contribution in [0, 0.1) is 6.92 Å². The maximum absolute atomic E-state index is 12.1. The SMILES string of the molecule is Cc1ccccc1NS(=O)(=O)c1cccnc1Cl. The fraction of sp³-hybridized carbons (Fsp3) is 0.0833. The first-order valence-corrected chi connectivity index (χ1v) is 7.06. The van der Waals surface area contributed by atoms with Crippen molar-refractivity contribution in [1.29, 1.82) is 0 Å². The van der Waals surface area contributed by atoms with Gasteiger partial charge in [0.25, 0.3) is 10.0 Å². The fourth-order valence-corrected chi connectivity index (χ4v) is 3.04. The highest BCUT2D eigenvalue weighted by molar-refractivity contribution is 7.92. The third kappa shape index (κ3) is 2.63. The number of aryl methyl sites for hydroxylation is 1. The molecule has 4 nitrogen and oxygen atoms in total. The van der Waals surface area contributed by atoms with Crippen LogP contribution in [0.25, 0.3) is 0 Å². The Bertz CT molecular complexity index is 671. The highest BCUT2D eigenvalue weighted by Gasteiger charge is 2.18. The largest absolute Gasteiger partial charge is 0.279 e. The van der Waals surface area contributed by atoms with Crippen molar-refractivity contribution in [1.82, 2.24) is 4.98 Å². The van der Waals surface area contributed by atoms with Gasteiger partial charge in [-0.2, -0.15) is 0 Å². The number of pyridine rings is 1. The Kier molecular flexibility index (Phi) is 3.54. The zero-order chi connectivity index (χ0) is 13.2. The molecule has 1 aromatic heterocycles. The van der Waals surface area contributed by atoms with Gasteiger partial charge in [-0.1, -0.05) is 29.8 Å². The maximum Gasteiger partial charge on any atom is 0.264 e. The summed E-state index contributed by atoms with van der Waals surface area (Å²) in [5.41, 5.74) is 1.36. The summed E-state index contributed by atoms with van der Waals surface area (Å²) in [4.78, 5) is 3.72. The normalized spacial score (nSPS) is 11.2. The summed E-state index contributed by atoms with van der Waals surface area (Å²) in [5, 5.41) is -0.0430. The summed E-state index contributed by atoms with van der Waals surface area (Å²) in [6.45, 7) is 1.82. The lowest BCUT2D eigenvalue weighted by Crippen LogP contribution is -2.14. The van der Waals surface area contributed by atoms with Crippen molar-refractivity contribution in [2.45, 2.75) is 11.8 Å². The van der Waals surface area contributed by atoms with E-state index in [1.807, 2.05) is 19.1 Å². The minimum Gasteiger partial charge on any atom is -0.279 e. The third-order valence-corrected chi connectivity index (χ3v) is 4.21. The minimum atomic E-state index is -3.71. The van der Waals surface area contributed by atoms with Crippen LogP contribution >= 0.6 is 11.6 Å². The van der Waals surface area contributed by atoms with Gasteiger partial charge >= 0.3 is 0 Å². The predicted octanol–water partition coefficient (Wildman–Crippen LogP) is 2.84. The number of nitrogens with one attached hydrogen (secondary N) is 1. The van der Waals surface area contributed by atoms with Gasteiger partial charge < -0.3 is 0 Å². The van der Waals surface area contributed by atoms with E-state index in [0.29, 0.717) is 5.69 Å². The molecular weight excluding hydrogens is 272 g/mol.